The fourth-order valence-electron chi connectivity index (χ4n) is 2.46. The molecular formula is C12H16N4. The summed E-state index contributed by atoms with van der Waals surface area (Å²) in [4.78, 5) is 12.4. The van der Waals surface area contributed by atoms with Gasteiger partial charge in [-0.25, -0.2) is 9.97 Å². The quantitative estimate of drug-likeness (QED) is 0.807. The summed E-state index contributed by atoms with van der Waals surface area (Å²) in [5.41, 5.74) is 8.31. The molecule has 0 aromatic carbocycles. The lowest BCUT2D eigenvalue weighted by Gasteiger charge is -2.02. The fourth-order valence-corrected chi connectivity index (χ4v) is 2.46. The molecule has 0 radical (unpaired) electrons. The Labute approximate surface area is 94.3 Å². The van der Waals surface area contributed by atoms with Crippen molar-refractivity contribution in [1.29, 1.82) is 0 Å². The number of nitrogens with one attached hydrogen (secondary N) is 1. The molecule has 0 saturated heterocycles. The van der Waals surface area contributed by atoms with Crippen LogP contribution in [0.4, 0.5) is 0 Å². The normalized spacial score (nSPS) is 17.3. The van der Waals surface area contributed by atoms with Crippen molar-refractivity contribution in [3.63, 3.8) is 0 Å². The Morgan fingerprint density at radius 3 is 2.81 bits per heavy atom. The Hall–Kier alpha value is -1.42. The Kier molecular flexibility index (Phi) is 2.36. The number of fused-ring (bicyclic) bond motifs is 1. The van der Waals surface area contributed by atoms with E-state index in [4.69, 9.17) is 5.73 Å². The zero-order valence-corrected chi connectivity index (χ0v) is 9.24. The van der Waals surface area contributed by atoms with E-state index in [-0.39, 0.29) is 0 Å². The highest BCUT2D eigenvalue weighted by atomic mass is 15.0. The van der Waals surface area contributed by atoms with E-state index in [2.05, 4.69) is 15.0 Å². The van der Waals surface area contributed by atoms with Gasteiger partial charge in [0.25, 0.3) is 0 Å². The van der Waals surface area contributed by atoms with Crippen LogP contribution in [0.5, 0.6) is 0 Å². The van der Waals surface area contributed by atoms with Gasteiger partial charge >= 0.3 is 0 Å². The summed E-state index contributed by atoms with van der Waals surface area (Å²) in [5.74, 6) is 1.71. The Morgan fingerprint density at radius 1 is 1.25 bits per heavy atom. The maximum absolute atomic E-state index is 5.57. The molecule has 2 heterocycles. The molecule has 1 aliphatic carbocycles. The molecule has 0 aliphatic heterocycles. The summed E-state index contributed by atoms with van der Waals surface area (Å²) >= 11 is 0. The van der Waals surface area contributed by atoms with Crippen LogP contribution in [0, 0.1) is 0 Å². The van der Waals surface area contributed by atoms with Crippen LogP contribution >= 0.6 is 0 Å². The van der Waals surface area contributed by atoms with Gasteiger partial charge in [-0.15, -0.1) is 0 Å². The molecule has 2 aromatic heterocycles. The summed E-state index contributed by atoms with van der Waals surface area (Å²) in [6.07, 6.45) is 5.15. The van der Waals surface area contributed by atoms with Crippen LogP contribution in [0.1, 0.15) is 43.1 Å². The number of nitrogens with two attached hydrogens (primary N) is 1. The van der Waals surface area contributed by atoms with Crippen molar-refractivity contribution < 1.29 is 0 Å². The Bertz CT molecular complexity index is 497. The van der Waals surface area contributed by atoms with Crippen LogP contribution in [0.2, 0.25) is 0 Å². The van der Waals surface area contributed by atoms with Gasteiger partial charge in [0, 0.05) is 12.5 Å². The number of hydrogen-bond acceptors (Lipinski definition) is 3. The van der Waals surface area contributed by atoms with Gasteiger partial charge in [-0.05, 0) is 25.0 Å². The number of pyridine rings is 1. The van der Waals surface area contributed by atoms with Crippen LogP contribution < -0.4 is 5.73 Å². The lowest BCUT2D eigenvalue weighted by molar-refractivity contribution is 0.681. The molecule has 0 spiro atoms. The highest BCUT2D eigenvalue weighted by Crippen LogP contribution is 2.33. The topological polar surface area (TPSA) is 67.6 Å². The zero-order chi connectivity index (χ0) is 11.0. The maximum atomic E-state index is 5.57. The number of nitrogens with zero attached hydrogens (tertiary/aromatic N) is 2. The number of aromatic amines is 1. The molecule has 1 aliphatic rings. The minimum absolute atomic E-state index is 0.474. The molecule has 3 rings (SSSR count). The molecule has 0 atom stereocenters. The molecule has 0 amide bonds. The largest absolute Gasteiger partial charge is 0.340 e. The van der Waals surface area contributed by atoms with E-state index in [0.717, 1.165) is 22.7 Å². The van der Waals surface area contributed by atoms with Crippen molar-refractivity contribution in [2.45, 2.75) is 38.1 Å². The summed E-state index contributed by atoms with van der Waals surface area (Å²) in [7, 11) is 0. The highest BCUT2D eigenvalue weighted by molar-refractivity contribution is 5.70. The fraction of sp³-hybridized carbons (Fsp3) is 0.500. The van der Waals surface area contributed by atoms with E-state index in [1.165, 1.54) is 25.7 Å². The van der Waals surface area contributed by atoms with Gasteiger partial charge in [0.2, 0.25) is 0 Å². The molecule has 2 aromatic rings. The number of aromatic nitrogens is 3. The standard InChI is InChI=1S/C12H16N4/c13-7-9-5-6-10-12(14-9)16-11(15-10)8-3-1-2-4-8/h5-6,8H,1-4,7,13H2,(H,14,15,16). The smallest absolute Gasteiger partial charge is 0.177 e. The van der Waals surface area contributed by atoms with Crippen molar-refractivity contribution >= 4 is 11.2 Å². The molecular weight excluding hydrogens is 200 g/mol. The van der Waals surface area contributed by atoms with Crippen molar-refractivity contribution in [3.8, 4) is 0 Å². The van der Waals surface area contributed by atoms with Crippen LogP contribution in [0.15, 0.2) is 12.1 Å². The van der Waals surface area contributed by atoms with Gasteiger partial charge in [0.1, 0.15) is 5.82 Å². The summed E-state index contributed by atoms with van der Waals surface area (Å²) in [6, 6.07) is 3.98. The first-order valence-electron chi connectivity index (χ1n) is 5.92. The van der Waals surface area contributed by atoms with Crippen molar-refractivity contribution in [2.24, 2.45) is 5.73 Å². The second kappa shape index (κ2) is 3.87. The molecule has 4 nitrogen and oxygen atoms in total. The van der Waals surface area contributed by atoms with Gasteiger partial charge in [0.05, 0.1) is 11.2 Å². The second-order valence-corrected chi connectivity index (χ2v) is 4.48. The average molecular weight is 216 g/mol. The number of imidazole rings is 1. The lowest BCUT2D eigenvalue weighted by Crippen LogP contribution is -1.98. The predicted molar refractivity (Wildman–Crippen MR) is 63.0 cm³/mol. The highest BCUT2D eigenvalue weighted by Gasteiger charge is 2.20. The Balaban J connectivity index is 2.01. The second-order valence-electron chi connectivity index (χ2n) is 4.48. The summed E-state index contributed by atoms with van der Waals surface area (Å²) < 4.78 is 0. The lowest BCUT2D eigenvalue weighted by atomic mass is 10.1. The third-order valence-corrected chi connectivity index (χ3v) is 3.37. The van der Waals surface area contributed by atoms with Gasteiger partial charge in [-0.2, -0.15) is 0 Å². The first-order chi connectivity index (χ1) is 7.86. The SMILES string of the molecule is NCc1ccc2[nH]c(C3CCCC3)nc2n1. The van der Waals surface area contributed by atoms with E-state index in [1.54, 1.807) is 0 Å². The third kappa shape index (κ3) is 1.59. The Morgan fingerprint density at radius 2 is 2.06 bits per heavy atom. The van der Waals surface area contributed by atoms with Crippen molar-refractivity contribution in [2.75, 3.05) is 0 Å². The monoisotopic (exact) mass is 216 g/mol. The maximum Gasteiger partial charge on any atom is 0.177 e. The van der Waals surface area contributed by atoms with Crippen LogP contribution in [0.25, 0.3) is 11.2 Å². The van der Waals surface area contributed by atoms with E-state index in [0.29, 0.717) is 12.5 Å². The molecule has 3 N–H and O–H groups in total. The van der Waals surface area contributed by atoms with E-state index in [9.17, 15) is 0 Å². The summed E-state index contributed by atoms with van der Waals surface area (Å²) in [5, 5.41) is 0. The predicted octanol–water partition coefficient (Wildman–Crippen LogP) is 2.07. The van der Waals surface area contributed by atoms with Gasteiger partial charge in [-0.1, -0.05) is 12.8 Å². The molecule has 1 saturated carbocycles. The average Bonchev–Trinajstić information content (AvgIpc) is 2.96. The number of H-pyrrole nitrogens is 1. The van der Waals surface area contributed by atoms with Crippen LogP contribution in [-0.4, -0.2) is 15.0 Å². The first kappa shape index (κ1) is 9.78. The van der Waals surface area contributed by atoms with Gasteiger partial charge < -0.3 is 10.7 Å². The molecule has 4 heteroatoms. The van der Waals surface area contributed by atoms with Crippen LogP contribution in [-0.2, 0) is 6.54 Å². The van der Waals surface area contributed by atoms with E-state index < -0.39 is 0 Å². The first-order valence-corrected chi connectivity index (χ1v) is 5.92. The van der Waals surface area contributed by atoms with Crippen molar-refractivity contribution in [3.05, 3.63) is 23.7 Å². The molecule has 0 unspecified atom stereocenters. The van der Waals surface area contributed by atoms with Crippen molar-refractivity contribution in [1.82, 2.24) is 15.0 Å². The molecule has 84 valence electrons. The van der Waals surface area contributed by atoms with Gasteiger partial charge in [-0.3, -0.25) is 0 Å². The number of hydrogen-bond donors (Lipinski definition) is 2. The minimum atomic E-state index is 0.474. The number of rotatable bonds is 2. The summed E-state index contributed by atoms with van der Waals surface area (Å²) in [6.45, 7) is 0.474. The van der Waals surface area contributed by atoms with Crippen LogP contribution in [0.3, 0.4) is 0 Å². The molecule has 1 fully saturated rings. The van der Waals surface area contributed by atoms with Gasteiger partial charge in [0.15, 0.2) is 5.65 Å². The van der Waals surface area contributed by atoms with E-state index >= 15 is 0 Å². The molecule has 0 bridgehead atoms. The minimum Gasteiger partial charge on any atom is -0.340 e. The third-order valence-electron chi connectivity index (χ3n) is 3.37. The molecule has 16 heavy (non-hydrogen) atoms. The zero-order valence-electron chi connectivity index (χ0n) is 9.24. The van der Waals surface area contributed by atoms with E-state index in [1.807, 2.05) is 12.1 Å².